The van der Waals surface area contributed by atoms with Gasteiger partial charge in [0.1, 0.15) is 0 Å². The average Bonchev–Trinajstić information content (AvgIpc) is 2.80. The van der Waals surface area contributed by atoms with Crippen molar-refractivity contribution in [2.24, 2.45) is 7.05 Å². The molecule has 1 fully saturated rings. The van der Waals surface area contributed by atoms with E-state index in [1.54, 1.807) is 0 Å². The third-order valence-electron chi connectivity index (χ3n) is 4.68. The fraction of sp³-hybridized carbons (Fsp3) is 0.389. The van der Waals surface area contributed by atoms with Crippen molar-refractivity contribution in [2.75, 3.05) is 31.2 Å². The zero-order valence-corrected chi connectivity index (χ0v) is 13.6. The highest BCUT2D eigenvalue weighted by atomic mass is 16.5. The Labute approximate surface area is 135 Å². The lowest BCUT2D eigenvalue weighted by Gasteiger charge is -2.29. The molecule has 1 saturated heterocycles. The van der Waals surface area contributed by atoms with Crippen LogP contribution in [0.5, 0.6) is 0 Å². The van der Waals surface area contributed by atoms with Crippen molar-refractivity contribution in [1.29, 1.82) is 0 Å². The molecule has 0 saturated carbocycles. The number of benzene rings is 1. The fourth-order valence-electron chi connectivity index (χ4n) is 3.17. The van der Waals surface area contributed by atoms with Gasteiger partial charge in [-0.2, -0.15) is 0 Å². The SMILES string of the molecule is C=C(Cc1c(C)n(C)c2ccc(N3CCOCC3)cc12)C(=O)O. The van der Waals surface area contributed by atoms with E-state index in [2.05, 4.69) is 34.2 Å². The maximum atomic E-state index is 11.1. The van der Waals surface area contributed by atoms with Crippen LogP contribution in [0.15, 0.2) is 30.4 Å². The lowest BCUT2D eigenvalue weighted by molar-refractivity contribution is -0.132. The summed E-state index contributed by atoms with van der Waals surface area (Å²) in [6.45, 7) is 8.97. The number of aryl methyl sites for hydroxylation is 1. The molecule has 1 N–H and O–H groups in total. The van der Waals surface area contributed by atoms with E-state index in [1.807, 2.05) is 14.0 Å². The Balaban J connectivity index is 2.05. The number of anilines is 1. The summed E-state index contributed by atoms with van der Waals surface area (Å²) in [4.78, 5) is 13.5. The van der Waals surface area contributed by atoms with Gasteiger partial charge in [0, 0.05) is 54.4 Å². The van der Waals surface area contributed by atoms with Crippen molar-refractivity contribution in [3.63, 3.8) is 0 Å². The second-order valence-electron chi connectivity index (χ2n) is 6.01. The summed E-state index contributed by atoms with van der Waals surface area (Å²) >= 11 is 0. The van der Waals surface area contributed by atoms with Gasteiger partial charge in [-0.3, -0.25) is 0 Å². The molecule has 0 unspecified atom stereocenters. The second-order valence-corrected chi connectivity index (χ2v) is 6.01. The molecular weight excluding hydrogens is 292 g/mol. The van der Waals surface area contributed by atoms with Gasteiger partial charge in [0.05, 0.1) is 13.2 Å². The zero-order valence-electron chi connectivity index (χ0n) is 13.6. The minimum atomic E-state index is -0.939. The number of fused-ring (bicyclic) bond motifs is 1. The lowest BCUT2D eigenvalue weighted by Crippen LogP contribution is -2.36. The third kappa shape index (κ3) is 2.84. The first-order valence-electron chi connectivity index (χ1n) is 7.80. The molecule has 1 aromatic carbocycles. The number of aliphatic carboxylic acids is 1. The highest BCUT2D eigenvalue weighted by Crippen LogP contribution is 2.31. The minimum Gasteiger partial charge on any atom is -0.478 e. The molecule has 1 aromatic heterocycles. The van der Waals surface area contributed by atoms with Crippen LogP contribution in [0.1, 0.15) is 11.3 Å². The Hall–Kier alpha value is -2.27. The summed E-state index contributed by atoms with van der Waals surface area (Å²) in [7, 11) is 2.01. The molecular formula is C18H22N2O3. The van der Waals surface area contributed by atoms with Crippen molar-refractivity contribution in [1.82, 2.24) is 4.57 Å². The van der Waals surface area contributed by atoms with Crippen LogP contribution in [0.2, 0.25) is 0 Å². The van der Waals surface area contributed by atoms with Crippen molar-refractivity contribution >= 4 is 22.6 Å². The summed E-state index contributed by atoms with van der Waals surface area (Å²) in [5.41, 5.74) is 4.63. The number of hydrogen-bond acceptors (Lipinski definition) is 3. The van der Waals surface area contributed by atoms with Crippen molar-refractivity contribution in [3.8, 4) is 0 Å². The van der Waals surface area contributed by atoms with Gasteiger partial charge in [-0.1, -0.05) is 6.58 Å². The Kier molecular flexibility index (Phi) is 4.13. The van der Waals surface area contributed by atoms with Crippen LogP contribution in [0.25, 0.3) is 10.9 Å². The smallest absolute Gasteiger partial charge is 0.331 e. The number of hydrogen-bond donors (Lipinski definition) is 1. The van der Waals surface area contributed by atoms with Crippen LogP contribution in [-0.4, -0.2) is 41.9 Å². The molecule has 0 aliphatic carbocycles. The van der Waals surface area contributed by atoms with Crippen LogP contribution in [-0.2, 0) is 23.0 Å². The van der Waals surface area contributed by atoms with Crippen LogP contribution in [0, 0.1) is 6.92 Å². The molecule has 3 rings (SSSR count). The monoisotopic (exact) mass is 314 g/mol. The molecule has 23 heavy (non-hydrogen) atoms. The number of carboxylic acid groups (broad SMARTS) is 1. The highest BCUT2D eigenvalue weighted by Gasteiger charge is 2.18. The molecule has 5 nitrogen and oxygen atoms in total. The maximum absolute atomic E-state index is 11.1. The van der Waals surface area contributed by atoms with Gasteiger partial charge < -0.3 is 19.3 Å². The summed E-state index contributed by atoms with van der Waals surface area (Å²) < 4.78 is 7.53. The molecule has 0 amide bonds. The van der Waals surface area contributed by atoms with Gasteiger partial charge in [0.2, 0.25) is 0 Å². The van der Waals surface area contributed by atoms with E-state index < -0.39 is 5.97 Å². The number of ether oxygens (including phenoxy) is 1. The predicted molar refractivity (Wildman–Crippen MR) is 91.2 cm³/mol. The Morgan fingerprint density at radius 3 is 2.70 bits per heavy atom. The van der Waals surface area contributed by atoms with Gasteiger partial charge in [-0.05, 0) is 30.7 Å². The van der Waals surface area contributed by atoms with Crippen molar-refractivity contribution in [2.45, 2.75) is 13.3 Å². The van der Waals surface area contributed by atoms with E-state index in [-0.39, 0.29) is 5.57 Å². The standard InChI is InChI=1S/C18H22N2O3/c1-12(18(21)22)10-15-13(2)19(3)17-5-4-14(11-16(15)17)20-6-8-23-9-7-20/h4-5,11H,1,6-10H2,2-3H3,(H,21,22). The average molecular weight is 314 g/mol. The molecule has 1 aliphatic heterocycles. The summed E-state index contributed by atoms with van der Waals surface area (Å²) in [5.74, 6) is -0.939. The minimum absolute atomic E-state index is 0.220. The first-order valence-corrected chi connectivity index (χ1v) is 7.80. The molecule has 122 valence electrons. The van der Waals surface area contributed by atoms with Crippen LogP contribution in [0.4, 0.5) is 5.69 Å². The van der Waals surface area contributed by atoms with E-state index in [0.29, 0.717) is 6.42 Å². The predicted octanol–water partition coefficient (Wildman–Crippen LogP) is 2.51. The number of carboxylic acids is 1. The fourth-order valence-corrected chi connectivity index (χ4v) is 3.17. The molecule has 0 spiro atoms. The van der Waals surface area contributed by atoms with Crippen LogP contribution < -0.4 is 4.90 Å². The highest BCUT2D eigenvalue weighted by molar-refractivity contribution is 5.92. The summed E-state index contributed by atoms with van der Waals surface area (Å²) in [6.07, 6.45) is 0.366. The van der Waals surface area contributed by atoms with E-state index in [9.17, 15) is 4.79 Å². The Morgan fingerprint density at radius 1 is 1.35 bits per heavy atom. The lowest BCUT2D eigenvalue weighted by atomic mass is 10.0. The van der Waals surface area contributed by atoms with Gasteiger partial charge >= 0.3 is 5.97 Å². The van der Waals surface area contributed by atoms with E-state index >= 15 is 0 Å². The maximum Gasteiger partial charge on any atom is 0.331 e. The molecule has 2 heterocycles. The first-order chi connectivity index (χ1) is 11.0. The van der Waals surface area contributed by atoms with Crippen LogP contribution >= 0.6 is 0 Å². The van der Waals surface area contributed by atoms with Gasteiger partial charge in [-0.15, -0.1) is 0 Å². The largest absolute Gasteiger partial charge is 0.478 e. The normalized spacial score (nSPS) is 15.1. The number of rotatable bonds is 4. The molecule has 0 radical (unpaired) electrons. The molecule has 0 bridgehead atoms. The Morgan fingerprint density at radius 2 is 2.04 bits per heavy atom. The van der Waals surface area contributed by atoms with E-state index in [4.69, 9.17) is 9.84 Å². The Bertz CT molecular complexity index is 770. The quantitative estimate of drug-likeness (QED) is 0.881. The van der Waals surface area contributed by atoms with Gasteiger partial charge in [0.15, 0.2) is 0 Å². The number of aromatic nitrogens is 1. The second kappa shape index (κ2) is 6.08. The topological polar surface area (TPSA) is 54.7 Å². The zero-order chi connectivity index (χ0) is 16.6. The number of carbonyl (C=O) groups is 1. The van der Waals surface area contributed by atoms with E-state index in [0.717, 1.165) is 54.2 Å². The van der Waals surface area contributed by atoms with Gasteiger partial charge in [-0.25, -0.2) is 4.79 Å². The van der Waals surface area contributed by atoms with Crippen molar-refractivity contribution < 1.29 is 14.6 Å². The molecule has 1 aliphatic rings. The van der Waals surface area contributed by atoms with Gasteiger partial charge in [0.25, 0.3) is 0 Å². The van der Waals surface area contributed by atoms with E-state index in [1.165, 1.54) is 0 Å². The summed E-state index contributed by atoms with van der Waals surface area (Å²) in [5, 5.41) is 10.3. The van der Waals surface area contributed by atoms with Crippen LogP contribution in [0.3, 0.4) is 0 Å². The number of morpholine rings is 1. The third-order valence-corrected chi connectivity index (χ3v) is 4.68. The molecule has 2 aromatic rings. The first kappa shape index (κ1) is 15.6. The molecule has 0 atom stereocenters. The summed E-state index contributed by atoms with van der Waals surface area (Å²) in [6, 6.07) is 6.40. The number of nitrogens with zero attached hydrogens (tertiary/aromatic N) is 2. The molecule has 5 heteroatoms. The van der Waals surface area contributed by atoms with Crippen molar-refractivity contribution in [3.05, 3.63) is 41.6 Å².